The molecule has 0 spiro atoms. The van der Waals surface area contributed by atoms with Crippen LogP contribution in [0.15, 0.2) is 84.0 Å². The molecule has 91 valence electrons. The van der Waals surface area contributed by atoms with Crippen molar-refractivity contribution in [1.82, 2.24) is 0 Å². The molecule has 0 heterocycles. The highest BCUT2D eigenvalue weighted by atomic mass is 14.1. The second-order valence-corrected chi connectivity index (χ2v) is 4.66. The third-order valence-electron chi connectivity index (χ3n) is 3.23. The fourth-order valence-corrected chi connectivity index (χ4v) is 2.34. The van der Waals surface area contributed by atoms with Gasteiger partial charge in [-0.15, -0.1) is 0 Å². The molecule has 0 N–H and O–H groups in total. The maximum Gasteiger partial charge on any atom is -0.00325 e. The van der Waals surface area contributed by atoms with Crippen LogP contribution in [0.25, 0.3) is 5.57 Å². The normalized spacial score (nSPS) is 13.5. The number of benzene rings is 2. The van der Waals surface area contributed by atoms with Gasteiger partial charge in [-0.25, -0.2) is 0 Å². The van der Waals surface area contributed by atoms with E-state index in [0.717, 1.165) is 5.57 Å². The number of hydrogen-bond acceptors (Lipinski definition) is 0. The van der Waals surface area contributed by atoms with Crippen molar-refractivity contribution < 1.29 is 0 Å². The minimum Gasteiger partial charge on any atom is -0.0622 e. The summed E-state index contributed by atoms with van der Waals surface area (Å²) in [6, 6.07) is 21.0. The van der Waals surface area contributed by atoms with Crippen LogP contribution in [0.4, 0.5) is 0 Å². The number of rotatable bonds is 2. The summed E-state index contributed by atoms with van der Waals surface area (Å²) < 4.78 is 0. The fraction of sp³-hybridized carbons (Fsp3) is 0.0526. The molecule has 1 aliphatic carbocycles. The maximum absolute atomic E-state index is 3.44. The van der Waals surface area contributed by atoms with Crippen LogP contribution in [0.5, 0.6) is 0 Å². The van der Waals surface area contributed by atoms with Crippen molar-refractivity contribution in [1.29, 1.82) is 0 Å². The Morgan fingerprint density at radius 3 is 1.68 bits per heavy atom. The van der Waals surface area contributed by atoms with Crippen molar-refractivity contribution >= 4 is 5.57 Å². The topological polar surface area (TPSA) is 0 Å². The molecule has 0 aromatic heterocycles. The third-order valence-corrected chi connectivity index (χ3v) is 3.23. The van der Waals surface area contributed by atoms with Gasteiger partial charge in [0.1, 0.15) is 0 Å². The van der Waals surface area contributed by atoms with Crippen molar-refractivity contribution in [3.05, 3.63) is 101 Å². The van der Waals surface area contributed by atoms with Crippen LogP contribution in [0.3, 0.4) is 0 Å². The van der Waals surface area contributed by atoms with Gasteiger partial charge in [0.25, 0.3) is 0 Å². The van der Waals surface area contributed by atoms with Crippen molar-refractivity contribution in [3.8, 4) is 0 Å². The first kappa shape index (κ1) is 11.7. The monoisotopic (exact) mass is 243 g/mol. The molecule has 0 aliphatic heterocycles. The Labute approximate surface area is 114 Å². The van der Waals surface area contributed by atoms with E-state index in [-0.39, 0.29) is 0 Å². The molecule has 2 aromatic carbocycles. The van der Waals surface area contributed by atoms with Crippen molar-refractivity contribution in [2.45, 2.75) is 6.92 Å². The van der Waals surface area contributed by atoms with E-state index < -0.39 is 0 Å². The molecule has 1 aliphatic rings. The van der Waals surface area contributed by atoms with Crippen LogP contribution in [-0.2, 0) is 0 Å². The lowest BCUT2D eigenvalue weighted by Gasteiger charge is -2.10. The molecule has 0 nitrogen and oxygen atoms in total. The molecule has 0 fully saturated rings. The van der Waals surface area contributed by atoms with Gasteiger partial charge in [0.2, 0.25) is 0 Å². The van der Waals surface area contributed by atoms with E-state index in [1.807, 2.05) is 12.1 Å². The first-order valence-corrected chi connectivity index (χ1v) is 6.48. The minimum absolute atomic E-state index is 1.16. The Hall–Kier alpha value is -2.34. The second-order valence-electron chi connectivity index (χ2n) is 4.66. The average Bonchev–Trinajstić information content (AvgIpc) is 2.88. The van der Waals surface area contributed by atoms with Gasteiger partial charge < -0.3 is 0 Å². The molecule has 0 unspecified atom stereocenters. The fourth-order valence-electron chi connectivity index (χ4n) is 2.34. The third kappa shape index (κ3) is 2.43. The minimum atomic E-state index is 1.16. The zero-order chi connectivity index (χ0) is 13.1. The Balaban J connectivity index is 2.22. The highest BCUT2D eigenvalue weighted by Crippen LogP contribution is 2.30. The molecule has 2 aromatic rings. The molecular weight excluding hydrogens is 228 g/mol. The molecule has 0 bridgehead atoms. The van der Waals surface area contributed by atoms with Crippen molar-refractivity contribution in [2.24, 2.45) is 0 Å². The van der Waals surface area contributed by atoms with E-state index in [9.17, 15) is 0 Å². The van der Waals surface area contributed by atoms with Gasteiger partial charge in [-0.3, -0.25) is 0 Å². The van der Waals surface area contributed by atoms with E-state index >= 15 is 0 Å². The Kier molecular flexibility index (Phi) is 3.16. The quantitative estimate of drug-likeness (QED) is 0.710. The van der Waals surface area contributed by atoms with Gasteiger partial charge in [0.05, 0.1) is 0 Å². The van der Waals surface area contributed by atoms with Gasteiger partial charge in [-0.05, 0) is 40.8 Å². The summed E-state index contributed by atoms with van der Waals surface area (Å²) in [6.07, 6.45) is 7.69. The van der Waals surface area contributed by atoms with E-state index in [4.69, 9.17) is 0 Å². The lowest BCUT2D eigenvalue weighted by molar-refractivity contribution is 1.49. The first-order valence-electron chi connectivity index (χ1n) is 6.48. The summed E-state index contributed by atoms with van der Waals surface area (Å²) in [4.78, 5) is 0. The molecule has 3 rings (SSSR count). The van der Waals surface area contributed by atoms with Crippen LogP contribution in [0, 0.1) is 6.08 Å². The van der Waals surface area contributed by atoms with Gasteiger partial charge in [0.15, 0.2) is 0 Å². The van der Waals surface area contributed by atoms with Gasteiger partial charge in [-0.2, -0.15) is 0 Å². The number of allylic oxidation sites excluding steroid dienone is 5. The Morgan fingerprint density at radius 1 is 0.737 bits per heavy atom. The van der Waals surface area contributed by atoms with Gasteiger partial charge >= 0.3 is 0 Å². The van der Waals surface area contributed by atoms with Crippen LogP contribution in [0.1, 0.15) is 18.1 Å². The molecular formula is C19H15. The highest BCUT2D eigenvalue weighted by molar-refractivity contribution is 5.85. The molecule has 0 atom stereocenters. The summed E-state index contributed by atoms with van der Waals surface area (Å²) >= 11 is 0. The van der Waals surface area contributed by atoms with Crippen molar-refractivity contribution in [2.75, 3.05) is 0 Å². The zero-order valence-electron chi connectivity index (χ0n) is 10.9. The second kappa shape index (κ2) is 5.11. The molecule has 0 saturated carbocycles. The highest BCUT2D eigenvalue weighted by Gasteiger charge is 2.11. The molecule has 1 radical (unpaired) electrons. The Bertz CT molecular complexity index is 614. The summed E-state index contributed by atoms with van der Waals surface area (Å²) in [5.74, 6) is 0. The van der Waals surface area contributed by atoms with Crippen molar-refractivity contribution in [3.63, 3.8) is 0 Å². The molecule has 0 saturated heterocycles. The number of hydrogen-bond donors (Lipinski definition) is 0. The first-order chi connectivity index (χ1) is 9.34. The largest absolute Gasteiger partial charge is 0.0622 e. The standard InChI is InChI=1S/C19H15/c1-15-12-13-18(14-15)19(16-8-4-2-5-9-16)17-10-6-3-7-11-17/h2-13H,1H3. The van der Waals surface area contributed by atoms with Crippen LogP contribution < -0.4 is 0 Å². The van der Waals surface area contributed by atoms with Gasteiger partial charge in [0, 0.05) is 0 Å². The summed E-state index contributed by atoms with van der Waals surface area (Å²) in [7, 11) is 0. The summed E-state index contributed by atoms with van der Waals surface area (Å²) in [6.45, 7) is 2.08. The van der Waals surface area contributed by atoms with Crippen LogP contribution in [-0.4, -0.2) is 0 Å². The summed E-state index contributed by atoms with van der Waals surface area (Å²) in [5, 5.41) is 0. The van der Waals surface area contributed by atoms with E-state index in [0.29, 0.717) is 0 Å². The van der Waals surface area contributed by atoms with E-state index in [1.54, 1.807) is 0 Å². The lowest BCUT2D eigenvalue weighted by atomic mass is 9.93. The lowest BCUT2D eigenvalue weighted by Crippen LogP contribution is -1.91. The SMILES string of the molecule is CC1=[C]C(=C(c2ccccc2)c2ccccc2)C=C1. The maximum atomic E-state index is 3.44. The average molecular weight is 243 g/mol. The van der Waals surface area contributed by atoms with Gasteiger partial charge in [-0.1, -0.05) is 72.8 Å². The smallest absolute Gasteiger partial charge is 0.00325 e. The molecule has 0 heteroatoms. The Morgan fingerprint density at radius 2 is 1.26 bits per heavy atom. The predicted octanol–water partition coefficient (Wildman–Crippen LogP) is 4.81. The molecule has 0 amide bonds. The van der Waals surface area contributed by atoms with E-state index in [2.05, 4.69) is 73.7 Å². The molecule has 19 heavy (non-hydrogen) atoms. The summed E-state index contributed by atoms with van der Waals surface area (Å²) in [5.41, 5.74) is 6.05. The van der Waals surface area contributed by atoms with Crippen LogP contribution >= 0.6 is 0 Å². The zero-order valence-corrected chi connectivity index (χ0v) is 10.9. The predicted molar refractivity (Wildman–Crippen MR) is 80.5 cm³/mol. The van der Waals surface area contributed by atoms with E-state index in [1.165, 1.54) is 22.3 Å². The van der Waals surface area contributed by atoms with Crippen LogP contribution in [0.2, 0.25) is 0 Å².